The molecule has 1 heterocycles. The molecular formula is C25H26N4O2S. The number of amides is 2. The molecule has 1 aliphatic heterocycles. The molecule has 2 N–H and O–H groups in total. The van der Waals surface area contributed by atoms with Crippen LogP contribution in [0.25, 0.3) is 10.8 Å². The highest BCUT2D eigenvalue weighted by Crippen LogP contribution is 2.27. The molecular weight excluding hydrogens is 420 g/mol. The lowest BCUT2D eigenvalue weighted by Gasteiger charge is -2.37. The molecule has 1 saturated heterocycles. The summed E-state index contributed by atoms with van der Waals surface area (Å²) in [5.41, 5.74) is 2.38. The molecule has 0 unspecified atom stereocenters. The van der Waals surface area contributed by atoms with Gasteiger partial charge in [-0.25, -0.2) is 0 Å². The second kappa shape index (κ2) is 9.78. The van der Waals surface area contributed by atoms with E-state index in [4.69, 9.17) is 12.2 Å². The van der Waals surface area contributed by atoms with Crippen LogP contribution < -0.4 is 15.5 Å². The molecule has 4 rings (SSSR count). The summed E-state index contributed by atoms with van der Waals surface area (Å²) in [6.45, 7) is 4.79. The van der Waals surface area contributed by atoms with Crippen molar-refractivity contribution in [2.24, 2.45) is 0 Å². The molecule has 1 fully saturated rings. The summed E-state index contributed by atoms with van der Waals surface area (Å²) in [5.74, 6) is -0.0638. The normalized spacial score (nSPS) is 13.7. The summed E-state index contributed by atoms with van der Waals surface area (Å²) >= 11 is 5.42. The Balaban J connectivity index is 1.41. The van der Waals surface area contributed by atoms with Gasteiger partial charge in [-0.2, -0.15) is 0 Å². The first-order valence-electron chi connectivity index (χ1n) is 10.8. The molecule has 7 heteroatoms. The Hall–Kier alpha value is -3.45. The summed E-state index contributed by atoms with van der Waals surface area (Å²) in [5, 5.41) is 8.28. The maximum atomic E-state index is 12.7. The SMILES string of the molecule is CCC(=O)N1CCN(c2ccccc2NC(=S)NC(=O)c2ccc3ccccc3c2)CC1. The highest BCUT2D eigenvalue weighted by molar-refractivity contribution is 7.80. The Bertz CT molecular complexity index is 1160. The van der Waals surface area contributed by atoms with Crippen molar-refractivity contribution in [3.63, 3.8) is 0 Å². The molecule has 0 atom stereocenters. The monoisotopic (exact) mass is 446 g/mol. The van der Waals surface area contributed by atoms with E-state index in [9.17, 15) is 9.59 Å². The zero-order chi connectivity index (χ0) is 22.5. The number of anilines is 2. The van der Waals surface area contributed by atoms with Gasteiger partial charge in [0.25, 0.3) is 5.91 Å². The molecule has 2 amide bonds. The van der Waals surface area contributed by atoms with Gasteiger partial charge in [-0.3, -0.25) is 14.9 Å². The Labute approximate surface area is 193 Å². The third-order valence-corrected chi connectivity index (χ3v) is 5.87. The molecule has 0 aromatic heterocycles. The van der Waals surface area contributed by atoms with E-state index in [1.807, 2.05) is 72.5 Å². The molecule has 1 aliphatic rings. The summed E-state index contributed by atoms with van der Waals surface area (Å²) in [7, 11) is 0. The fourth-order valence-corrected chi connectivity index (χ4v) is 4.14. The van der Waals surface area contributed by atoms with Gasteiger partial charge in [-0.15, -0.1) is 0 Å². The number of rotatable bonds is 4. The number of fused-ring (bicyclic) bond motifs is 1. The maximum Gasteiger partial charge on any atom is 0.257 e. The van der Waals surface area contributed by atoms with Gasteiger partial charge in [0.15, 0.2) is 5.11 Å². The van der Waals surface area contributed by atoms with Gasteiger partial charge in [0.05, 0.1) is 11.4 Å². The molecule has 0 spiro atoms. The lowest BCUT2D eigenvalue weighted by molar-refractivity contribution is -0.131. The summed E-state index contributed by atoms with van der Waals surface area (Å²) in [6.07, 6.45) is 0.531. The predicted molar refractivity (Wildman–Crippen MR) is 133 cm³/mol. The van der Waals surface area contributed by atoms with Crippen molar-refractivity contribution in [3.05, 3.63) is 72.3 Å². The van der Waals surface area contributed by atoms with Crippen LogP contribution in [-0.4, -0.2) is 48.0 Å². The van der Waals surface area contributed by atoms with E-state index < -0.39 is 0 Å². The van der Waals surface area contributed by atoms with Crippen molar-refractivity contribution in [2.75, 3.05) is 36.4 Å². The van der Waals surface area contributed by atoms with Crippen molar-refractivity contribution in [1.82, 2.24) is 10.2 Å². The number of carbonyl (C=O) groups excluding carboxylic acids is 2. The Kier molecular flexibility index (Phi) is 6.66. The number of thiocarbonyl (C=S) groups is 1. The molecule has 3 aromatic rings. The third-order valence-electron chi connectivity index (χ3n) is 5.67. The summed E-state index contributed by atoms with van der Waals surface area (Å²) in [6, 6.07) is 21.4. The van der Waals surface area contributed by atoms with Gasteiger partial charge in [0, 0.05) is 38.2 Å². The number of piperazine rings is 1. The topological polar surface area (TPSA) is 64.7 Å². The third kappa shape index (κ3) is 4.89. The van der Waals surface area contributed by atoms with Gasteiger partial charge < -0.3 is 15.1 Å². The minimum Gasteiger partial charge on any atom is -0.366 e. The number of hydrogen-bond donors (Lipinski definition) is 2. The number of benzene rings is 3. The van der Waals surface area contributed by atoms with Gasteiger partial charge in [-0.1, -0.05) is 49.4 Å². The predicted octanol–water partition coefficient (Wildman–Crippen LogP) is 4.03. The second-order valence-corrected chi connectivity index (χ2v) is 8.12. The lowest BCUT2D eigenvalue weighted by Crippen LogP contribution is -2.48. The van der Waals surface area contributed by atoms with E-state index in [0.29, 0.717) is 25.1 Å². The minimum atomic E-state index is -0.252. The number of para-hydroxylation sites is 2. The lowest BCUT2D eigenvalue weighted by atomic mass is 10.1. The molecule has 32 heavy (non-hydrogen) atoms. The first kappa shape index (κ1) is 21.8. The summed E-state index contributed by atoms with van der Waals surface area (Å²) < 4.78 is 0. The van der Waals surface area contributed by atoms with Gasteiger partial charge in [0.2, 0.25) is 5.91 Å². The fourth-order valence-electron chi connectivity index (χ4n) is 3.93. The van der Waals surface area contributed by atoms with Crippen molar-refractivity contribution < 1.29 is 9.59 Å². The van der Waals surface area contributed by atoms with Crippen LogP contribution in [0.2, 0.25) is 0 Å². The average Bonchev–Trinajstić information content (AvgIpc) is 2.83. The molecule has 6 nitrogen and oxygen atoms in total. The smallest absolute Gasteiger partial charge is 0.257 e. The van der Waals surface area contributed by atoms with E-state index in [1.165, 1.54) is 0 Å². The maximum absolute atomic E-state index is 12.7. The van der Waals surface area contributed by atoms with E-state index in [0.717, 1.165) is 35.2 Å². The zero-order valence-electron chi connectivity index (χ0n) is 18.0. The van der Waals surface area contributed by atoms with Crippen LogP contribution in [-0.2, 0) is 4.79 Å². The van der Waals surface area contributed by atoms with Crippen molar-refractivity contribution in [2.45, 2.75) is 13.3 Å². The van der Waals surface area contributed by atoms with Gasteiger partial charge in [0.1, 0.15) is 0 Å². The van der Waals surface area contributed by atoms with Crippen molar-refractivity contribution >= 4 is 51.3 Å². The highest BCUT2D eigenvalue weighted by Gasteiger charge is 2.22. The first-order chi connectivity index (χ1) is 15.5. The zero-order valence-corrected chi connectivity index (χ0v) is 18.8. The fraction of sp³-hybridized carbons (Fsp3) is 0.240. The number of nitrogens with zero attached hydrogens (tertiary/aromatic N) is 2. The van der Waals surface area contributed by atoms with Crippen molar-refractivity contribution in [1.29, 1.82) is 0 Å². The van der Waals surface area contributed by atoms with Crippen LogP contribution in [0.3, 0.4) is 0 Å². The average molecular weight is 447 g/mol. The van der Waals surface area contributed by atoms with Crippen LogP contribution in [0, 0.1) is 0 Å². The Morgan fingerprint density at radius 1 is 0.906 bits per heavy atom. The molecule has 0 bridgehead atoms. The number of hydrogen-bond acceptors (Lipinski definition) is 4. The van der Waals surface area contributed by atoms with Crippen LogP contribution >= 0.6 is 12.2 Å². The highest BCUT2D eigenvalue weighted by atomic mass is 32.1. The van der Waals surface area contributed by atoms with E-state index in [-0.39, 0.29) is 16.9 Å². The minimum absolute atomic E-state index is 0.189. The van der Waals surface area contributed by atoms with Crippen LogP contribution in [0.1, 0.15) is 23.7 Å². The van der Waals surface area contributed by atoms with E-state index >= 15 is 0 Å². The first-order valence-corrected chi connectivity index (χ1v) is 11.2. The van der Waals surface area contributed by atoms with Crippen LogP contribution in [0.4, 0.5) is 11.4 Å². The Morgan fingerprint density at radius 2 is 1.59 bits per heavy atom. The standard InChI is InChI=1S/C25H26N4O2S/c1-2-23(30)29-15-13-28(14-16-29)22-10-6-5-9-21(22)26-25(32)27-24(31)20-12-11-18-7-3-4-8-19(18)17-20/h3-12,17H,2,13-16H2,1H3,(H2,26,27,31,32). The van der Waals surface area contributed by atoms with Gasteiger partial charge in [-0.05, 0) is 47.3 Å². The number of carbonyl (C=O) groups is 2. The van der Waals surface area contributed by atoms with E-state index in [1.54, 1.807) is 6.07 Å². The molecule has 3 aromatic carbocycles. The number of nitrogens with one attached hydrogen (secondary N) is 2. The Morgan fingerprint density at radius 3 is 2.34 bits per heavy atom. The largest absolute Gasteiger partial charge is 0.366 e. The van der Waals surface area contributed by atoms with Crippen LogP contribution in [0.15, 0.2) is 66.7 Å². The summed E-state index contributed by atoms with van der Waals surface area (Å²) in [4.78, 5) is 28.8. The van der Waals surface area contributed by atoms with Crippen molar-refractivity contribution in [3.8, 4) is 0 Å². The van der Waals surface area contributed by atoms with E-state index in [2.05, 4.69) is 15.5 Å². The molecule has 164 valence electrons. The molecule has 0 radical (unpaired) electrons. The van der Waals surface area contributed by atoms with Crippen LogP contribution in [0.5, 0.6) is 0 Å². The second-order valence-electron chi connectivity index (χ2n) is 7.71. The van der Waals surface area contributed by atoms with Gasteiger partial charge >= 0.3 is 0 Å². The molecule has 0 saturated carbocycles. The molecule has 0 aliphatic carbocycles. The quantitative estimate of drug-likeness (QED) is 0.593.